The van der Waals surface area contributed by atoms with Crippen molar-refractivity contribution in [3.8, 4) is 11.5 Å². The highest BCUT2D eigenvalue weighted by Gasteiger charge is 2.37. The number of para-hydroxylation sites is 2. The summed E-state index contributed by atoms with van der Waals surface area (Å²) in [5.41, 5.74) is 0.996. The van der Waals surface area contributed by atoms with Gasteiger partial charge in [0.1, 0.15) is 23.1 Å². The van der Waals surface area contributed by atoms with Gasteiger partial charge in [0.15, 0.2) is 0 Å². The molecule has 0 aliphatic carbocycles. The number of anilines is 1. The highest BCUT2D eigenvalue weighted by atomic mass is 16.5. The molecule has 9 heteroatoms. The predicted molar refractivity (Wildman–Crippen MR) is 153 cm³/mol. The molecule has 2 aliphatic heterocycles. The van der Waals surface area contributed by atoms with E-state index in [2.05, 4.69) is 20.2 Å². The van der Waals surface area contributed by atoms with Crippen LogP contribution in [0.4, 0.5) is 5.82 Å². The van der Waals surface area contributed by atoms with Crippen molar-refractivity contribution in [3.05, 3.63) is 77.7 Å². The number of nitrogens with one attached hydrogen (secondary N) is 1. The van der Waals surface area contributed by atoms with Crippen LogP contribution in [0.3, 0.4) is 0 Å². The van der Waals surface area contributed by atoms with Crippen molar-refractivity contribution < 1.29 is 19.1 Å². The molecular weight excluding hydrogens is 506 g/mol. The summed E-state index contributed by atoms with van der Waals surface area (Å²) < 4.78 is 11.8. The molecule has 0 atom stereocenters. The van der Waals surface area contributed by atoms with Gasteiger partial charge in [-0.1, -0.05) is 24.3 Å². The Labute approximate surface area is 235 Å². The maximum atomic E-state index is 13.4. The monoisotopic (exact) mass is 543 g/mol. The van der Waals surface area contributed by atoms with Crippen LogP contribution in [-0.2, 0) is 0 Å². The zero-order valence-corrected chi connectivity index (χ0v) is 23.3. The Morgan fingerprint density at radius 2 is 1.77 bits per heavy atom. The van der Waals surface area contributed by atoms with Crippen LogP contribution in [0.15, 0.2) is 60.8 Å². The van der Waals surface area contributed by atoms with Gasteiger partial charge in [0, 0.05) is 44.3 Å². The van der Waals surface area contributed by atoms with Gasteiger partial charge in [-0.25, -0.2) is 9.97 Å². The van der Waals surface area contributed by atoms with E-state index in [-0.39, 0.29) is 17.2 Å². The number of aromatic nitrogens is 2. The van der Waals surface area contributed by atoms with Crippen LogP contribution in [0.5, 0.6) is 11.5 Å². The Bertz CT molecular complexity index is 1340. The molecule has 0 radical (unpaired) electrons. The summed E-state index contributed by atoms with van der Waals surface area (Å²) in [6, 6.07) is 16.7. The summed E-state index contributed by atoms with van der Waals surface area (Å²) in [6.07, 6.45) is 5.28. The van der Waals surface area contributed by atoms with Crippen molar-refractivity contribution in [2.75, 3.05) is 51.3 Å². The van der Waals surface area contributed by atoms with Crippen LogP contribution in [-0.4, -0.2) is 73.1 Å². The fourth-order valence-electron chi connectivity index (χ4n) is 5.66. The van der Waals surface area contributed by atoms with E-state index in [1.165, 1.54) is 0 Å². The number of carbonyl (C=O) groups excluding carboxylic acids is 2. The van der Waals surface area contributed by atoms with Gasteiger partial charge < -0.3 is 24.6 Å². The van der Waals surface area contributed by atoms with Crippen LogP contribution in [0.2, 0.25) is 0 Å². The molecule has 2 amide bonds. The lowest BCUT2D eigenvalue weighted by Gasteiger charge is -2.42. The quantitative estimate of drug-likeness (QED) is 0.531. The minimum atomic E-state index is -0.153. The largest absolute Gasteiger partial charge is 0.496 e. The van der Waals surface area contributed by atoms with E-state index in [0.717, 1.165) is 43.9 Å². The van der Waals surface area contributed by atoms with Crippen molar-refractivity contribution in [2.45, 2.75) is 32.6 Å². The first-order valence-electron chi connectivity index (χ1n) is 13.9. The Kier molecular flexibility index (Phi) is 8.48. The van der Waals surface area contributed by atoms with Gasteiger partial charge in [0.25, 0.3) is 11.8 Å². The molecule has 0 unspecified atom stereocenters. The molecular formula is C31H37N5O4. The Morgan fingerprint density at radius 1 is 1.00 bits per heavy atom. The van der Waals surface area contributed by atoms with Crippen molar-refractivity contribution in [2.24, 2.45) is 5.41 Å². The van der Waals surface area contributed by atoms with E-state index in [0.29, 0.717) is 55.4 Å². The average Bonchev–Trinajstić information content (AvgIpc) is 3.00. The minimum Gasteiger partial charge on any atom is -0.496 e. The molecule has 2 aromatic carbocycles. The number of aryl methyl sites for hydroxylation is 1. The summed E-state index contributed by atoms with van der Waals surface area (Å²) >= 11 is 0. The normalized spacial score (nSPS) is 17.9. The third-order valence-electron chi connectivity index (χ3n) is 8.00. The Hall–Kier alpha value is -4.14. The summed E-state index contributed by atoms with van der Waals surface area (Å²) in [5.74, 6) is 2.60. The number of benzene rings is 2. The molecule has 3 heterocycles. The lowest BCUT2D eigenvalue weighted by Crippen LogP contribution is -2.46. The molecule has 210 valence electrons. The molecule has 2 aliphatic rings. The molecule has 40 heavy (non-hydrogen) atoms. The second kappa shape index (κ2) is 12.4. The number of rotatable bonds is 3. The van der Waals surface area contributed by atoms with Crippen molar-refractivity contribution in [3.63, 3.8) is 0 Å². The number of ether oxygens (including phenoxy) is 2. The Balaban J connectivity index is 1.36. The molecule has 1 fully saturated rings. The molecule has 1 saturated heterocycles. The number of hydrogen-bond acceptors (Lipinski definition) is 7. The molecule has 1 N–H and O–H groups in total. The van der Waals surface area contributed by atoms with E-state index in [9.17, 15) is 9.59 Å². The number of nitrogens with zero attached hydrogens (tertiary/aromatic N) is 4. The maximum Gasteiger partial charge on any atom is 0.257 e. The number of amides is 2. The minimum absolute atomic E-state index is 0.00909. The third-order valence-corrected chi connectivity index (χ3v) is 8.00. The topological polar surface area (TPSA) is 96.9 Å². The molecule has 1 spiro atoms. The van der Waals surface area contributed by atoms with Gasteiger partial charge in [-0.3, -0.25) is 9.59 Å². The summed E-state index contributed by atoms with van der Waals surface area (Å²) in [7, 11) is 1.59. The van der Waals surface area contributed by atoms with Crippen LogP contribution < -0.4 is 19.7 Å². The fourth-order valence-corrected chi connectivity index (χ4v) is 5.66. The van der Waals surface area contributed by atoms with E-state index in [1.54, 1.807) is 19.4 Å². The van der Waals surface area contributed by atoms with Crippen LogP contribution in [0, 0.1) is 12.3 Å². The number of fused-ring (bicyclic) bond motifs is 1. The van der Waals surface area contributed by atoms with Crippen molar-refractivity contribution >= 4 is 17.6 Å². The summed E-state index contributed by atoms with van der Waals surface area (Å²) in [6.45, 7) is 5.57. The van der Waals surface area contributed by atoms with E-state index in [4.69, 9.17) is 9.47 Å². The number of likely N-dealkylation sites (tertiary alicyclic amines) is 1. The fraction of sp³-hybridized carbons (Fsp3) is 0.419. The summed E-state index contributed by atoms with van der Waals surface area (Å²) in [5, 5.41) is 3.05. The average molecular weight is 544 g/mol. The number of piperidine rings is 1. The third kappa shape index (κ3) is 6.19. The first-order chi connectivity index (χ1) is 19.5. The van der Waals surface area contributed by atoms with Gasteiger partial charge in [0.2, 0.25) is 0 Å². The van der Waals surface area contributed by atoms with Crippen LogP contribution >= 0.6 is 0 Å². The van der Waals surface area contributed by atoms with Crippen molar-refractivity contribution in [1.29, 1.82) is 0 Å². The molecule has 9 nitrogen and oxygen atoms in total. The first-order valence-corrected chi connectivity index (χ1v) is 13.9. The Morgan fingerprint density at radius 3 is 2.58 bits per heavy atom. The first kappa shape index (κ1) is 27.4. The molecule has 0 bridgehead atoms. The van der Waals surface area contributed by atoms with Crippen LogP contribution in [0.1, 0.15) is 52.2 Å². The zero-order chi connectivity index (χ0) is 28.0. The van der Waals surface area contributed by atoms with E-state index in [1.807, 2.05) is 60.4 Å². The molecule has 3 aromatic rings. The number of carbonyl (C=O) groups is 2. The van der Waals surface area contributed by atoms with E-state index >= 15 is 0 Å². The predicted octanol–water partition coefficient (Wildman–Crippen LogP) is 4.13. The van der Waals surface area contributed by atoms with Gasteiger partial charge >= 0.3 is 0 Å². The van der Waals surface area contributed by atoms with Crippen molar-refractivity contribution in [1.82, 2.24) is 20.2 Å². The maximum absolute atomic E-state index is 13.4. The molecule has 0 saturated carbocycles. The lowest BCUT2D eigenvalue weighted by molar-refractivity contribution is 0.0363. The molecule has 5 rings (SSSR count). The summed E-state index contributed by atoms with van der Waals surface area (Å²) in [4.78, 5) is 39.5. The zero-order valence-electron chi connectivity index (χ0n) is 23.3. The van der Waals surface area contributed by atoms with Gasteiger partial charge in [0.05, 0.1) is 24.8 Å². The second-order valence-corrected chi connectivity index (χ2v) is 10.6. The highest BCUT2D eigenvalue weighted by Crippen LogP contribution is 2.38. The smallest absolute Gasteiger partial charge is 0.257 e. The standard InChI is InChI=1S/C31H37N5O4/c1-23-32-16-12-28(34-23)35-18-7-13-31(22-40-27-11-6-3-8-24(27)29(37)33-17-21-35)14-19-36(20-15-31)30(38)25-9-4-5-10-26(25)39-2/h3-6,8-12,16H,7,13-15,17-22H2,1-2H3,(H,33,37). The highest BCUT2D eigenvalue weighted by molar-refractivity contribution is 5.97. The molecule has 1 aromatic heterocycles. The van der Waals surface area contributed by atoms with E-state index < -0.39 is 0 Å². The number of hydrogen-bond donors (Lipinski definition) is 1. The van der Waals surface area contributed by atoms with Gasteiger partial charge in [-0.2, -0.15) is 0 Å². The van der Waals surface area contributed by atoms with Gasteiger partial charge in [-0.15, -0.1) is 0 Å². The second-order valence-electron chi connectivity index (χ2n) is 10.6. The van der Waals surface area contributed by atoms with Gasteiger partial charge in [-0.05, 0) is 62.9 Å². The SMILES string of the molecule is COc1ccccc1C(=O)N1CCC2(CCCN(c3ccnc(C)n3)CCNC(=O)c3ccccc3OC2)CC1. The number of methoxy groups -OCH3 is 1. The van der Waals surface area contributed by atoms with Crippen LogP contribution in [0.25, 0.3) is 0 Å². The lowest BCUT2D eigenvalue weighted by atomic mass is 9.75.